The van der Waals surface area contributed by atoms with Gasteiger partial charge in [0.25, 0.3) is 0 Å². The lowest BCUT2D eigenvalue weighted by atomic mass is 10.2. The minimum absolute atomic E-state index is 0.593. The van der Waals surface area contributed by atoms with Gasteiger partial charge in [-0.15, -0.1) is 0 Å². The summed E-state index contributed by atoms with van der Waals surface area (Å²) in [5.74, 6) is 0.730. The van der Waals surface area contributed by atoms with Gasteiger partial charge in [0, 0.05) is 30.2 Å². The van der Waals surface area contributed by atoms with Crippen LogP contribution >= 0.6 is 0 Å². The fraction of sp³-hybridized carbons (Fsp3) is 0.267. The minimum Gasteiger partial charge on any atom is -0.370 e. The molecule has 0 spiro atoms. The van der Waals surface area contributed by atoms with Gasteiger partial charge in [0.1, 0.15) is 5.82 Å². The maximum absolute atomic E-state index is 12.5. The van der Waals surface area contributed by atoms with Gasteiger partial charge < -0.3 is 10.6 Å². The highest BCUT2D eigenvalue weighted by molar-refractivity contribution is 5.62. The molecule has 6 heteroatoms. The van der Waals surface area contributed by atoms with E-state index in [1.165, 1.54) is 12.1 Å². The Morgan fingerprint density at radius 2 is 1.76 bits per heavy atom. The first-order chi connectivity index (χ1) is 9.99. The van der Waals surface area contributed by atoms with Crippen molar-refractivity contribution in [3.05, 3.63) is 48.2 Å². The minimum atomic E-state index is -4.31. The molecule has 0 bridgehead atoms. The van der Waals surface area contributed by atoms with E-state index in [0.717, 1.165) is 36.6 Å². The molecule has 3 nitrogen and oxygen atoms in total. The number of rotatable bonds is 5. The summed E-state index contributed by atoms with van der Waals surface area (Å²) in [6.07, 6.45) is -1.69. The van der Waals surface area contributed by atoms with Gasteiger partial charge >= 0.3 is 6.18 Å². The summed E-state index contributed by atoms with van der Waals surface area (Å²) < 4.78 is 37.4. The topological polar surface area (TPSA) is 37.0 Å². The molecule has 2 rings (SSSR count). The molecule has 112 valence electrons. The van der Waals surface area contributed by atoms with Crippen LogP contribution in [0.5, 0.6) is 0 Å². The lowest BCUT2D eigenvalue weighted by Gasteiger charge is -2.10. The van der Waals surface area contributed by atoms with Crippen molar-refractivity contribution in [2.75, 3.05) is 17.2 Å². The molecule has 1 aromatic heterocycles. The van der Waals surface area contributed by atoms with Gasteiger partial charge in [-0.3, -0.25) is 0 Å². The summed E-state index contributed by atoms with van der Waals surface area (Å²) in [6, 6.07) is 8.49. The molecule has 0 unspecified atom stereocenters. The zero-order valence-electron chi connectivity index (χ0n) is 11.5. The van der Waals surface area contributed by atoms with Crippen molar-refractivity contribution in [1.29, 1.82) is 0 Å². The summed E-state index contributed by atoms with van der Waals surface area (Å²) in [7, 11) is 0. The van der Waals surface area contributed by atoms with Crippen LogP contribution in [0.4, 0.5) is 30.4 Å². The molecule has 0 saturated carbocycles. The Labute approximate surface area is 121 Å². The second-order valence-electron chi connectivity index (χ2n) is 4.56. The standard InChI is InChI=1S/C15H16F3N3/c1-2-8-19-14-10-13(7-9-20-14)21-12-5-3-11(4-6-12)15(16,17)18/h3-7,9-10H,2,8H2,1H3,(H2,19,20,21). The highest BCUT2D eigenvalue weighted by Gasteiger charge is 2.29. The third-order valence-corrected chi connectivity index (χ3v) is 2.82. The van der Waals surface area contributed by atoms with E-state index in [2.05, 4.69) is 22.5 Å². The average Bonchev–Trinajstić information content (AvgIpc) is 2.45. The number of pyridine rings is 1. The van der Waals surface area contributed by atoms with Crippen molar-refractivity contribution in [1.82, 2.24) is 4.98 Å². The molecule has 21 heavy (non-hydrogen) atoms. The Morgan fingerprint density at radius 3 is 2.38 bits per heavy atom. The fourth-order valence-electron chi connectivity index (χ4n) is 1.77. The third-order valence-electron chi connectivity index (χ3n) is 2.82. The van der Waals surface area contributed by atoms with Gasteiger partial charge in [0.05, 0.1) is 5.56 Å². The Morgan fingerprint density at radius 1 is 1.05 bits per heavy atom. The van der Waals surface area contributed by atoms with Crippen molar-refractivity contribution < 1.29 is 13.2 Å². The Hall–Kier alpha value is -2.24. The number of aromatic nitrogens is 1. The number of nitrogens with zero attached hydrogens (tertiary/aromatic N) is 1. The van der Waals surface area contributed by atoms with E-state index in [1.807, 2.05) is 6.07 Å². The number of halogens is 3. The zero-order valence-corrected chi connectivity index (χ0v) is 11.5. The maximum atomic E-state index is 12.5. The first-order valence-electron chi connectivity index (χ1n) is 6.63. The first kappa shape index (κ1) is 15.2. The van der Waals surface area contributed by atoms with Crippen LogP contribution in [0.15, 0.2) is 42.6 Å². The van der Waals surface area contributed by atoms with Crippen molar-refractivity contribution in [2.24, 2.45) is 0 Å². The van der Waals surface area contributed by atoms with Crippen LogP contribution in [0.2, 0.25) is 0 Å². The Balaban J connectivity index is 2.07. The molecule has 0 radical (unpaired) electrons. The van der Waals surface area contributed by atoms with Crippen molar-refractivity contribution in [2.45, 2.75) is 19.5 Å². The van der Waals surface area contributed by atoms with Gasteiger partial charge in [-0.25, -0.2) is 4.98 Å². The molecule has 1 heterocycles. The lowest BCUT2D eigenvalue weighted by molar-refractivity contribution is -0.137. The van der Waals surface area contributed by atoms with Crippen molar-refractivity contribution in [3.8, 4) is 0 Å². The number of hydrogen-bond donors (Lipinski definition) is 2. The second-order valence-corrected chi connectivity index (χ2v) is 4.56. The molecule has 0 fully saturated rings. The van der Waals surface area contributed by atoms with Gasteiger partial charge in [-0.1, -0.05) is 6.92 Å². The molecular formula is C15H16F3N3. The molecule has 0 atom stereocenters. The summed E-state index contributed by atoms with van der Waals surface area (Å²) in [5.41, 5.74) is 0.701. The van der Waals surface area contributed by atoms with Crippen molar-refractivity contribution in [3.63, 3.8) is 0 Å². The van der Waals surface area contributed by atoms with Crippen molar-refractivity contribution >= 4 is 17.2 Å². The lowest BCUT2D eigenvalue weighted by Crippen LogP contribution is -2.04. The number of alkyl halides is 3. The molecule has 0 aliphatic heterocycles. The first-order valence-corrected chi connectivity index (χ1v) is 6.63. The Bertz CT molecular complexity index is 579. The van der Waals surface area contributed by atoms with Crippen LogP contribution in [0.3, 0.4) is 0 Å². The third kappa shape index (κ3) is 4.37. The molecule has 2 N–H and O–H groups in total. The van der Waals surface area contributed by atoms with Gasteiger partial charge in [0.2, 0.25) is 0 Å². The summed E-state index contributed by atoms with van der Waals surface area (Å²) >= 11 is 0. The van der Waals surface area contributed by atoms with Crippen LogP contribution < -0.4 is 10.6 Å². The van der Waals surface area contributed by atoms with E-state index in [1.54, 1.807) is 12.3 Å². The smallest absolute Gasteiger partial charge is 0.370 e. The van der Waals surface area contributed by atoms with Crippen LogP contribution in [0.1, 0.15) is 18.9 Å². The molecule has 2 aromatic rings. The van der Waals surface area contributed by atoms with E-state index in [-0.39, 0.29) is 0 Å². The normalized spacial score (nSPS) is 11.2. The highest BCUT2D eigenvalue weighted by atomic mass is 19.4. The van der Waals surface area contributed by atoms with Gasteiger partial charge in [0.15, 0.2) is 0 Å². The number of nitrogens with one attached hydrogen (secondary N) is 2. The van der Waals surface area contributed by atoms with Gasteiger partial charge in [-0.05, 0) is 36.8 Å². The van der Waals surface area contributed by atoms with E-state index in [4.69, 9.17) is 0 Å². The number of benzene rings is 1. The fourth-order valence-corrected chi connectivity index (χ4v) is 1.77. The molecule has 0 aliphatic rings. The van der Waals surface area contributed by atoms with E-state index in [9.17, 15) is 13.2 Å². The van der Waals surface area contributed by atoms with Crippen LogP contribution in [-0.4, -0.2) is 11.5 Å². The molecule has 1 aromatic carbocycles. The Kier molecular flexibility index (Phi) is 4.67. The predicted molar refractivity (Wildman–Crippen MR) is 77.7 cm³/mol. The summed E-state index contributed by atoms with van der Waals surface area (Å²) in [6.45, 7) is 2.87. The quantitative estimate of drug-likeness (QED) is 0.842. The SMILES string of the molecule is CCCNc1cc(Nc2ccc(C(F)(F)F)cc2)ccn1. The summed E-state index contributed by atoms with van der Waals surface area (Å²) in [4.78, 5) is 4.17. The summed E-state index contributed by atoms with van der Waals surface area (Å²) in [5, 5.41) is 6.20. The highest BCUT2D eigenvalue weighted by Crippen LogP contribution is 2.30. The monoisotopic (exact) mass is 295 g/mol. The van der Waals surface area contributed by atoms with E-state index in [0.29, 0.717) is 5.69 Å². The van der Waals surface area contributed by atoms with Gasteiger partial charge in [-0.2, -0.15) is 13.2 Å². The van der Waals surface area contributed by atoms with E-state index < -0.39 is 11.7 Å². The van der Waals surface area contributed by atoms with E-state index >= 15 is 0 Å². The second kappa shape index (κ2) is 6.47. The van der Waals surface area contributed by atoms with Crippen LogP contribution in [0, 0.1) is 0 Å². The maximum Gasteiger partial charge on any atom is 0.416 e. The largest absolute Gasteiger partial charge is 0.416 e. The number of hydrogen-bond acceptors (Lipinski definition) is 3. The molecule has 0 aliphatic carbocycles. The number of anilines is 3. The average molecular weight is 295 g/mol. The van der Waals surface area contributed by atoms with Crippen LogP contribution in [0.25, 0.3) is 0 Å². The zero-order chi connectivity index (χ0) is 15.3. The predicted octanol–water partition coefficient (Wildman–Crippen LogP) is 4.67. The molecule has 0 amide bonds. The molecular weight excluding hydrogens is 279 g/mol. The van der Waals surface area contributed by atoms with Crippen LogP contribution in [-0.2, 0) is 6.18 Å². The molecule has 0 saturated heterocycles.